The SMILES string of the molecule is O=C(O)c1ccc2nc(C(=O)O)cc(C(=O)O)c2c1. The van der Waals surface area contributed by atoms with E-state index in [0.29, 0.717) is 0 Å². The number of carboxylic acids is 3. The molecule has 0 radical (unpaired) electrons. The first-order valence-corrected chi connectivity index (χ1v) is 5.05. The van der Waals surface area contributed by atoms with Crippen LogP contribution in [-0.4, -0.2) is 38.2 Å². The molecule has 0 fully saturated rings. The molecule has 0 unspecified atom stereocenters. The van der Waals surface area contributed by atoms with Gasteiger partial charge in [0.25, 0.3) is 0 Å². The zero-order valence-electron chi connectivity index (χ0n) is 9.32. The Morgan fingerprint density at radius 3 is 2.11 bits per heavy atom. The van der Waals surface area contributed by atoms with Crippen LogP contribution in [0.15, 0.2) is 24.3 Å². The Bertz CT molecular complexity index is 721. The number of pyridine rings is 1. The van der Waals surface area contributed by atoms with Crippen molar-refractivity contribution in [2.45, 2.75) is 0 Å². The van der Waals surface area contributed by atoms with Gasteiger partial charge in [0.15, 0.2) is 0 Å². The Hall–Kier alpha value is -2.96. The van der Waals surface area contributed by atoms with E-state index in [1.54, 1.807) is 0 Å². The number of carboxylic acid groups (broad SMARTS) is 3. The Balaban J connectivity index is 2.83. The van der Waals surface area contributed by atoms with Gasteiger partial charge in [-0.2, -0.15) is 0 Å². The summed E-state index contributed by atoms with van der Waals surface area (Å²) < 4.78 is 0. The Kier molecular flexibility index (Phi) is 2.88. The van der Waals surface area contributed by atoms with Crippen LogP contribution < -0.4 is 0 Å². The Morgan fingerprint density at radius 2 is 1.58 bits per heavy atom. The molecule has 3 N–H and O–H groups in total. The average molecular weight is 261 g/mol. The van der Waals surface area contributed by atoms with Crippen molar-refractivity contribution < 1.29 is 29.7 Å². The smallest absolute Gasteiger partial charge is 0.354 e. The number of benzene rings is 1. The summed E-state index contributed by atoms with van der Waals surface area (Å²) in [4.78, 5) is 36.5. The fourth-order valence-corrected chi connectivity index (χ4v) is 1.65. The number of nitrogens with zero attached hydrogens (tertiary/aromatic N) is 1. The predicted octanol–water partition coefficient (Wildman–Crippen LogP) is 1.33. The van der Waals surface area contributed by atoms with Crippen molar-refractivity contribution in [2.75, 3.05) is 0 Å². The van der Waals surface area contributed by atoms with Gasteiger partial charge in [0.1, 0.15) is 5.69 Å². The van der Waals surface area contributed by atoms with Gasteiger partial charge in [-0.15, -0.1) is 0 Å². The molecular formula is C12H7NO6. The molecule has 1 aromatic carbocycles. The van der Waals surface area contributed by atoms with Crippen molar-refractivity contribution in [3.63, 3.8) is 0 Å². The molecule has 0 aliphatic carbocycles. The van der Waals surface area contributed by atoms with Gasteiger partial charge >= 0.3 is 17.9 Å². The lowest BCUT2D eigenvalue weighted by atomic mass is 10.0. The first-order valence-electron chi connectivity index (χ1n) is 5.05. The van der Waals surface area contributed by atoms with E-state index in [2.05, 4.69) is 4.98 Å². The van der Waals surface area contributed by atoms with Crippen LogP contribution in [0.1, 0.15) is 31.2 Å². The van der Waals surface area contributed by atoms with Gasteiger partial charge in [0.05, 0.1) is 16.6 Å². The summed E-state index contributed by atoms with van der Waals surface area (Å²) >= 11 is 0. The molecule has 0 saturated carbocycles. The van der Waals surface area contributed by atoms with Crippen LogP contribution in [0.25, 0.3) is 10.9 Å². The van der Waals surface area contributed by atoms with Gasteiger partial charge in [-0.25, -0.2) is 19.4 Å². The first-order chi connectivity index (χ1) is 8.90. The van der Waals surface area contributed by atoms with Crippen LogP contribution in [0.5, 0.6) is 0 Å². The lowest BCUT2D eigenvalue weighted by Crippen LogP contribution is -2.07. The van der Waals surface area contributed by atoms with Crippen molar-refractivity contribution >= 4 is 28.8 Å². The number of carbonyl (C=O) groups is 3. The second kappa shape index (κ2) is 4.37. The molecule has 0 spiro atoms. The maximum atomic E-state index is 11.1. The summed E-state index contributed by atoms with van der Waals surface area (Å²) in [5.74, 6) is -3.91. The highest BCUT2D eigenvalue weighted by molar-refractivity contribution is 6.06. The van der Waals surface area contributed by atoms with Crippen LogP contribution in [0.2, 0.25) is 0 Å². The van der Waals surface area contributed by atoms with E-state index in [0.717, 1.165) is 12.1 Å². The Morgan fingerprint density at radius 1 is 0.895 bits per heavy atom. The van der Waals surface area contributed by atoms with E-state index in [1.807, 2.05) is 0 Å². The topological polar surface area (TPSA) is 125 Å². The van der Waals surface area contributed by atoms with Crippen LogP contribution in [0.3, 0.4) is 0 Å². The van der Waals surface area contributed by atoms with E-state index < -0.39 is 23.6 Å². The second-order valence-corrected chi connectivity index (χ2v) is 3.70. The molecule has 96 valence electrons. The summed E-state index contributed by atoms with van der Waals surface area (Å²) in [7, 11) is 0. The highest BCUT2D eigenvalue weighted by Crippen LogP contribution is 2.20. The fraction of sp³-hybridized carbons (Fsp3) is 0. The summed E-state index contributed by atoms with van der Waals surface area (Å²) in [5.41, 5.74) is -0.694. The normalized spacial score (nSPS) is 10.3. The largest absolute Gasteiger partial charge is 0.478 e. The number of aromatic carboxylic acids is 3. The molecule has 0 aliphatic heterocycles. The summed E-state index contributed by atoms with van der Waals surface area (Å²) in [6.45, 7) is 0. The minimum Gasteiger partial charge on any atom is -0.478 e. The molecule has 0 atom stereocenters. The fourth-order valence-electron chi connectivity index (χ4n) is 1.65. The number of aromatic nitrogens is 1. The molecular weight excluding hydrogens is 254 g/mol. The highest BCUT2D eigenvalue weighted by atomic mass is 16.4. The van der Waals surface area contributed by atoms with E-state index in [-0.39, 0.29) is 22.0 Å². The van der Waals surface area contributed by atoms with Gasteiger partial charge in [-0.1, -0.05) is 0 Å². The van der Waals surface area contributed by atoms with Gasteiger partial charge in [-0.3, -0.25) is 0 Å². The van der Waals surface area contributed by atoms with E-state index >= 15 is 0 Å². The predicted molar refractivity (Wildman–Crippen MR) is 62.6 cm³/mol. The van der Waals surface area contributed by atoms with Gasteiger partial charge in [0.2, 0.25) is 0 Å². The quantitative estimate of drug-likeness (QED) is 0.760. The first kappa shape index (κ1) is 12.5. The number of rotatable bonds is 3. The molecule has 0 amide bonds. The lowest BCUT2D eigenvalue weighted by molar-refractivity contribution is 0.0679. The molecule has 2 rings (SSSR count). The second-order valence-electron chi connectivity index (χ2n) is 3.70. The minimum absolute atomic E-state index is 0.0809. The average Bonchev–Trinajstić information content (AvgIpc) is 2.36. The van der Waals surface area contributed by atoms with E-state index in [9.17, 15) is 14.4 Å². The maximum absolute atomic E-state index is 11.1. The third kappa shape index (κ3) is 2.21. The molecule has 2 aromatic rings. The van der Waals surface area contributed by atoms with Crippen molar-refractivity contribution in [1.29, 1.82) is 0 Å². The molecule has 1 heterocycles. The summed E-state index contributed by atoms with van der Waals surface area (Å²) in [6.07, 6.45) is 0. The van der Waals surface area contributed by atoms with Gasteiger partial charge in [-0.05, 0) is 24.3 Å². The van der Waals surface area contributed by atoms with Gasteiger partial charge < -0.3 is 15.3 Å². The number of fused-ring (bicyclic) bond motifs is 1. The van der Waals surface area contributed by atoms with Crippen molar-refractivity contribution in [3.8, 4) is 0 Å². The zero-order valence-corrected chi connectivity index (χ0v) is 9.32. The molecule has 1 aromatic heterocycles. The molecule has 0 saturated heterocycles. The molecule has 7 heteroatoms. The lowest BCUT2D eigenvalue weighted by Gasteiger charge is -2.05. The van der Waals surface area contributed by atoms with Crippen molar-refractivity contribution in [3.05, 3.63) is 41.1 Å². The molecule has 7 nitrogen and oxygen atoms in total. The van der Waals surface area contributed by atoms with Gasteiger partial charge in [0, 0.05) is 5.39 Å². The number of hydrogen-bond acceptors (Lipinski definition) is 4. The summed E-state index contributed by atoms with van der Waals surface area (Å²) in [6, 6.07) is 4.56. The van der Waals surface area contributed by atoms with Crippen LogP contribution >= 0.6 is 0 Å². The van der Waals surface area contributed by atoms with Crippen LogP contribution in [0.4, 0.5) is 0 Å². The third-order valence-corrected chi connectivity index (χ3v) is 2.51. The maximum Gasteiger partial charge on any atom is 0.354 e. The van der Waals surface area contributed by atoms with E-state index in [1.165, 1.54) is 12.1 Å². The Labute approximate surface area is 105 Å². The van der Waals surface area contributed by atoms with Crippen molar-refractivity contribution in [1.82, 2.24) is 4.98 Å². The zero-order chi connectivity index (χ0) is 14.2. The standard InChI is InChI=1S/C12H7NO6/c14-10(15)5-1-2-8-6(3-5)7(11(16)17)4-9(13-8)12(18)19/h1-4H,(H,14,15)(H,16,17)(H,18,19). The molecule has 0 bridgehead atoms. The highest BCUT2D eigenvalue weighted by Gasteiger charge is 2.16. The minimum atomic E-state index is -1.35. The number of hydrogen-bond donors (Lipinski definition) is 3. The van der Waals surface area contributed by atoms with Crippen LogP contribution in [-0.2, 0) is 0 Å². The third-order valence-electron chi connectivity index (χ3n) is 2.51. The monoisotopic (exact) mass is 261 g/mol. The van der Waals surface area contributed by atoms with E-state index in [4.69, 9.17) is 15.3 Å². The summed E-state index contributed by atoms with van der Waals surface area (Å²) in [5, 5.41) is 26.8. The molecule has 0 aliphatic rings. The van der Waals surface area contributed by atoms with Crippen molar-refractivity contribution in [2.24, 2.45) is 0 Å². The van der Waals surface area contributed by atoms with Crippen LogP contribution in [0, 0.1) is 0 Å². The molecule has 19 heavy (non-hydrogen) atoms.